The topological polar surface area (TPSA) is 64.6 Å². The lowest BCUT2D eigenvalue weighted by Crippen LogP contribution is -2.46. The van der Waals surface area contributed by atoms with E-state index < -0.39 is 0 Å². The van der Waals surface area contributed by atoms with Crippen LogP contribution in [0.4, 0.5) is 0 Å². The summed E-state index contributed by atoms with van der Waals surface area (Å²) in [6.07, 6.45) is 4.38. The summed E-state index contributed by atoms with van der Waals surface area (Å²) in [6.45, 7) is 7.50. The van der Waals surface area contributed by atoms with E-state index in [2.05, 4.69) is 35.4 Å². The van der Waals surface area contributed by atoms with Crippen LogP contribution >= 0.6 is 0 Å². The Bertz CT molecular complexity index is 605. The molecule has 1 saturated carbocycles. The third-order valence-corrected chi connectivity index (χ3v) is 5.57. The molecule has 1 unspecified atom stereocenters. The Morgan fingerprint density at radius 1 is 1.31 bits per heavy atom. The Morgan fingerprint density at radius 3 is 2.88 bits per heavy atom. The molecule has 0 bridgehead atoms. The van der Waals surface area contributed by atoms with E-state index >= 15 is 0 Å². The highest BCUT2D eigenvalue weighted by atomic mass is 16.3. The predicted molar refractivity (Wildman–Crippen MR) is 104 cm³/mol. The van der Waals surface area contributed by atoms with Crippen molar-refractivity contribution in [2.75, 3.05) is 19.6 Å². The third kappa shape index (κ3) is 5.06. The van der Waals surface area contributed by atoms with E-state index in [4.69, 9.17) is 0 Å². The van der Waals surface area contributed by atoms with Gasteiger partial charge in [0.05, 0.1) is 6.10 Å². The van der Waals surface area contributed by atoms with Gasteiger partial charge in [0.15, 0.2) is 0 Å². The number of likely N-dealkylation sites (tertiary alicyclic amines) is 1. The minimum atomic E-state index is -0.155. The van der Waals surface area contributed by atoms with Crippen LogP contribution in [0.3, 0.4) is 0 Å². The van der Waals surface area contributed by atoms with Gasteiger partial charge in [-0.05, 0) is 42.9 Å². The maximum Gasteiger partial charge on any atom is 0.251 e. The van der Waals surface area contributed by atoms with Crippen molar-refractivity contribution in [1.82, 2.24) is 15.5 Å². The molecule has 1 aromatic rings. The molecule has 2 aliphatic rings. The van der Waals surface area contributed by atoms with Crippen molar-refractivity contribution in [3.05, 3.63) is 35.4 Å². The number of nitrogens with one attached hydrogen (secondary N) is 2. The number of benzene rings is 1. The van der Waals surface area contributed by atoms with Crippen molar-refractivity contribution in [1.29, 1.82) is 0 Å². The van der Waals surface area contributed by atoms with Crippen molar-refractivity contribution in [2.45, 2.75) is 64.3 Å². The molecule has 26 heavy (non-hydrogen) atoms. The number of aliphatic hydroxyl groups excluding tert-OH is 1. The average molecular weight is 360 g/mol. The molecular weight excluding hydrogens is 326 g/mol. The number of carbonyl (C=O) groups is 1. The van der Waals surface area contributed by atoms with Crippen LogP contribution in [0.25, 0.3) is 0 Å². The molecule has 144 valence electrons. The molecule has 0 aromatic heterocycles. The Morgan fingerprint density at radius 2 is 2.15 bits per heavy atom. The average Bonchev–Trinajstić information content (AvgIpc) is 3.26. The Kier molecular flexibility index (Phi) is 6.68. The quantitative estimate of drug-likeness (QED) is 0.698. The highest BCUT2D eigenvalue weighted by Gasteiger charge is 2.35. The van der Waals surface area contributed by atoms with Crippen LogP contribution in [-0.2, 0) is 6.54 Å². The second kappa shape index (κ2) is 8.98. The van der Waals surface area contributed by atoms with E-state index in [1.807, 2.05) is 18.2 Å². The summed E-state index contributed by atoms with van der Waals surface area (Å²) in [5.74, 6) is 0.456. The molecule has 1 aliphatic heterocycles. The van der Waals surface area contributed by atoms with Crippen molar-refractivity contribution in [3.63, 3.8) is 0 Å². The molecule has 2 fully saturated rings. The van der Waals surface area contributed by atoms with Crippen molar-refractivity contribution >= 4 is 5.91 Å². The van der Waals surface area contributed by atoms with Gasteiger partial charge in [-0.3, -0.25) is 9.69 Å². The fraction of sp³-hybridized carbons (Fsp3) is 0.667. The molecule has 1 saturated heterocycles. The molecular formula is C21H33N3O2. The maximum absolute atomic E-state index is 12.3. The van der Waals surface area contributed by atoms with E-state index in [9.17, 15) is 9.90 Å². The summed E-state index contributed by atoms with van der Waals surface area (Å²) in [7, 11) is 0. The van der Waals surface area contributed by atoms with Crippen LogP contribution in [-0.4, -0.2) is 53.7 Å². The summed E-state index contributed by atoms with van der Waals surface area (Å²) < 4.78 is 0. The molecule has 3 N–H and O–H groups in total. The van der Waals surface area contributed by atoms with Gasteiger partial charge in [0.25, 0.3) is 5.91 Å². The lowest BCUT2D eigenvalue weighted by molar-refractivity contribution is 0.0949. The monoisotopic (exact) mass is 359 g/mol. The number of β-amino-alcohol motifs (C(OH)–C–C–N with tert-alkyl or cyclic N) is 1. The van der Waals surface area contributed by atoms with Crippen LogP contribution in [0.5, 0.6) is 0 Å². The third-order valence-electron chi connectivity index (χ3n) is 5.57. The van der Waals surface area contributed by atoms with Crippen LogP contribution in [0, 0.1) is 5.92 Å². The first-order chi connectivity index (χ1) is 12.5. The van der Waals surface area contributed by atoms with Crippen LogP contribution in [0.2, 0.25) is 0 Å². The SMILES string of the molecule is CC(C)CNC(=O)c1cccc(CN[C@@H]2CCC[C@@H]2N2CCC(O)C2)c1. The molecule has 1 amide bonds. The minimum absolute atomic E-state index is 0.00495. The lowest BCUT2D eigenvalue weighted by atomic mass is 10.1. The molecule has 0 spiro atoms. The number of hydrogen-bond donors (Lipinski definition) is 3. The normalized spacial score (nSPS) is 26.5. The van der Waals surface area contributed by atoms with Gasteiger partial charge in [-0.25, -0.2) is 0 Å². The zero-order valence-electron chi connectivity index (χ0n) is 16.1. The Balaban J connectivity index is 1.54. The van der Waals surface area contributed by atoms with Crippen LogP contribution in [0.15, 0.2) is 24.3 Å². The number of nitrogens with zero attached hydrogens (tertiary/aromatic N) is 1. The van der Waals surface area contributed by atoms with Gasteiger partial charge in [-0.1, -0.05) is 32.4 Å². The van der Waals surface area contributed by atoms with Gasteiger partial charge in [0.1, 0.15) is 0 Å². The van der Waals surface area contributed by atoms with Gasteiger partial charge in [0.2, 0.25) is 0 Å². The highest BCUT2D eigenvalue weighted by molar-refractivity contribution is 5.94. The van der Waals surface area contributed by atoms with Crippen LogP contribution < -0.4 is 10.6 Å². The number of amides is 1. The molecule has 3 rings (SSSR count). The number of carbonyl (C=O) groups excluding carboxylic acids is 1. The Hall–Kier alpha value is -1.43. The van der Waals surface area contributed by atoms with E-state index in [1.165, 1.54) is 19.3 Å². The summed E-state index contributed by atoms with van der Waals surface area (Å²) in [5.41, 5.74) is 1.88. The zero-order chi connectivity index (χ0) is 18.5. The van der Waals surface area contributed by atoms with E-state index in [0.717, 1.165) is 37.2 Å². The predicted octanol–water partition coefficient (Wildman–Crippen LogP) is 2.15. The first-order valence-electron chi connectivity index (χ1n) is 10.1. The molecule has 1 aromatic carbocycles. The summed E-state index contributed by atoms with van der Waals surface area (Å²) >= 11 is 0. The molecule has 0 radical (unpaired) electrons. The molecule has 5 heteroatoms. The zero-order valence-corrected chi connectivity index (χ0v) is 16.1. The fourth-order valence-electron chi connectivity index (χ4n) is 4.16. The minimum Gasteiger partial charge on any atom is -0.392 e. The van der Waals surface area contributed by atoms with E-state index in [1.54, 1.807) is 0 Å². The molecule has 1 heterocycles. The number of rotatable bonds is 7. The standard InChI is InChI=1S/C21H33N3O2/c1-15(2)12-23-21(26)17-6-3-5-16(11-17)13-22-19-7-4-8-20(19)24-10-9-18(25)14-24/h3,5-6,11,15,18-20,22,25H,4,7-10,12-14H2,1-2H3,(H,23,26)/t18?,19-,20+/m1/s1. The maximum atomic E-state index is 12.3. The Labute approximate surface area is 157 Å². The molecule has 1 aliphatic carbocycles. The second-order valence-electron chi connectivity index (χ2n) is 8.23. The van der Waals surface area contributed by atoms with Gasteiger partial charge in [-0.15, -0.1) is 0 Å². The summed E-state index contributed by atoms with van der Waals surface area (Å²) in [6, 6.07) is 8.92. The summed E-state index contributed by atoms with van der Waals surface area (Å²) in [4.78, 5) is 14.7. The molecule has 3 atom stereocenters. The summed E-state index contributed by atoms with van der Waals surface area (Å²) in [5, 5.41) is 16.5. The van der Waals surface area contributed by atoms with Gasteiger partial charge >= 0.3 is 0 Å². The number of hydrogen-bond acceptors (Lipinski definition) is 4. The van der Waals surface area contributed by atoms with Crippen LogP contribution in [0.1, 0.15) is 55.5 Å². The lowest BCUT2D eigenvalue weighted by Gasteiger charge is -2.30. The van der Waals surface area contributed by atoms with E-state index in [0.29, 0.717) is 24.5 Å². The highest BCUT2D eigenvalue weighted by Crippen LogP contribution is 2.27. The van der Waals surface area contributed by atoms with Crippen molar-refractivity contribution < 1.29 is 9.90 Å². The second-order valence-corrected chi connectivity index (χ2v) is 8.23. The van der Waals surface area contributed by atoms with Gasteiger partial charge in [-0.2, -0.15) is 0 Å². The first kappa shape index (κ1) is 19.3. The van der Waals surface area contributed by atoms with Crippen molar-refractivity contribution in [3.8, 4) is 0 Å². The van der Waals surface area contributed by atoms with E-state index in [-0.39, 0.29) is 12.0 Å². The molecule has 5 nitrogen and oxygen atoms in total. The van der Waals surface area contributed by atoms with Gasteiger partial charge < -0.3 is 15.7 Å². The first-order valence-corrected chi connectivity index (χ1v) is 10.1. The number of aliphatic hydroxyl groups is 1. The van der Waals surface area contributed by atoms with Gasteiger partial charge in [0, 0.05) is 43.8 Å². The largest absolute Gasteiger partial charge is 0.392 e. The smallest absolute Gasteiger partial charge is 0.251 e. The fourth-order valence-corrected chi connectivity index (χ4v) is 4.16. The van der Waals surface area contributed by atoms with Crippen molar-refractivity contribution in [2.24, 2.45) is 5.92 Å².